The van der Waals surface area contributed by atoms with Crippen molar-refractivity contribution in [1.82, 2.24) is 29.9 Å². The number of aromatic nitrogens is 6. The van der Waals surface area contributed by atoms with Crippen LogP contribution in [-0.2, 0) is 11.8 Å². The molecule has 28 heavy (non-hydrogen) atoms. The number of fused-ring (bicyclic) bond motifs is 3. The van der Waals surface area contributed by atoms with Crippen LogP contribution in [0.25, 0.3) is 33.2 Å². The van der Waals surface area contributed by atoms with E-state index in [4.69, 9.17) is 9.47 Å². The third-order valence-electron chi connectivity index (χ3n) is 5.86. The molecule has 4 heterocycles. The Labute approximate surface area is 160 Å². The number of ether oxygens (including phenoxy) is 2. The number of rotatable bonds is 4. The fraction of sp³-hybridized carbons (Fsp3) is 0.368. The van der Waals surface area contributed by atoms with E-state index in [1.165, 1.54) is 0 Å². The second-order valence-electron chi connectivity index (χ2n) is 7.43. The van der Waals surface area contributed by atoms with Gasteiger partial charge < -0.3 is 19.8 Å². The van der Waals surface area contributed by atoms with E-state index in [0.717, 1.165) is 46.4 Å². The Kier molecular flexibility index (Phi) is 3.19. The summed E-state index contributed by atoms with van der Waals surface area (Å²) in [5.74, 6) is 2.28. The monoisotopic (exact) mass is 377 g/mol. The molecular formula is C19H19N7O2. The van der Waals surface area contributed by atoms with Gasteiger partial charge in [-0.1, -0.05) is 11.3 Å². The lowest BCUT2D eigenvalue weighted by Gasteiger charge is -2.10. The van der Waals surface area contributed by atoms with Gasteiger partial charge in [-0.15, -0.1) is 5.10 Å². The molecule has 3 atom stereocenters. The molecule has 142 valence electrons. The second-order valence-corrected chi connectivity index (χ2v) is 7.43. The summed E-state index contributed by atoms with van der Waals surface area (Å²) < 4.78 is 12.8. The van der Waals surface area contributed by atoms with E-state index in [0.29, 0.717) is 29.7 Å². The Morgan fingerprint density at radius 1 is 1.25 bits per heavy atom. The van der Waals surface area contributed by atoms with Crippen LogP contribution in [-0.4, -0.2) is 56.3 Å². The summed E-state index contributed by atoms with van der Waals surface area (Å²) in [6.07, 6.45) is 1.94. The average molecular weight is 377 g/mol. The Balaban J connectivity index is 1.42. The smallest absolute Gasteiger partial charge is 0.228 e. The van der Waals surface area contributed by atoms with Crippen LogP contribution in [0.3, 0.4) is 0 Å². The van der Waals surface area contributed by atoms with Gasteiger partial charge in [0.25, 0.3) is 0 Å². The van der Waals surface area contributed by atoms with E-state index in [-0.39, 0.29) is 0 Å². The summed E-state index contributed by atoms with van der Waals surface area (Å²) in [6, 6.07) is 6.45. The quantitative estimate of drug-likeness (QED) is 0.560. The first-order valence-electron chi connectivity index (χ1n) is 9.30. The summed E-state index contributed by atoms with van der Waals surface area (Å²) in [4.78, 5) is 12.6. The summed E-state index contributed by atoms with van der Waals surface area (Å²) in [5, 5.41) is 12.5. The number of nitrogens with zero attached hydrogens (tertiary/aromatic N) is 5. The standard InChI is InChI=1S/C19H19N7O2/c1-26-14-5-9(3-4-13(14)24-25-26)10-6-20-17-15(10)18(27-2)23-19(22-17)21-16-11-7-28-8-12(11)16/h3-6,11-12,16H,7-8H2,1-2H3,(H2,20,21,22,23)/t11-,12+,16?. The summed E-state index contributed by atoms with van der Waals surface area (Å²) in [7, 11) is 3.52. The van der Waals surface area contributed by atoms with Crippen molar-refractivity contribution >= 4 is 28.0 Å². The van der Waals surface area contributed by atoms with E-state index < -0.39 is 0 Å². The van der Waals surface area contributed by atoms with Gasteiger partial charge in [-0.25, -0.2) is 4.68 Å². The van der Waals surface area contributed by atoms with Crippen molar-refractivity contribution in [3.63, 3.8) is 0 Å². The SMILES string of the molecule is COc1nc(NC2[C@H]3COC[C@@H]23)nc2[nH]cc(-c3ccc4nnn(C)c4c3)c12. The lowest BCUT2D eigenvalue weighted by Crippen LogP contribution is -2.14. The number of aryl methyl sites for hydroxylation is 1. The molecule has 0 bridgehead atoms. The first-order valence-corrected chi connectivity index (χ1v) is 9.30. The topological polar surface area (TPSA) is 103 Å². The van der Waals surface area contributed by atoms with E-state index in [9.17, 15) is 0 Å². The van der Waals surface area contributed by atoms with Crippen molar-refractivity contribution in [2.45, 2.75) is 6.04 Å². The molecule has 0 radical (unpaired) electrons. The van der Waals surface area contributed by atoms with E-state index >= 15 is 0 Å². The maximum Gasteiger partial charge on any atom is 0.228 e. The van der Waals surface area contributed by atoms with Crippen LogP contribution in [0.1, 0.15) is 0 Å². The third-order valence-corrected chi connectivity index (χ3v) is 5.86. The highest BCUT2D eigenvalue weighted by molar-refractivity contribution is 5.99. The highest BCUT2D eigenvalue weighted by Gasteiger charge is 2.54. The molecule has 0 spiro atoms. The minimum atomic E-state index is 0.394. The van der Waals surface area contributed by atoms with Crippen molar-refractivity contribution in [2.75, 3.05) is 25.6 Å². The molecule has 1 unspecified atom stereocenters. The van der Waals surface area contributed by atoms with Crippen molar-refractivity contribution in [3.05, 3.63) is 24.4 Å². The lowest BCUT2D eigenvalue weighted by molar-refractivity contribution is 0.162. The molecule has 4 aromatic rings. The maximum atomic E-state index is 5.62. The third kappa shape index (κ3) is 2.22. The molecule has 2 aliphatic rings. The number of anilines is 1. The van der Waals surface area contributed by atoms with Gasteiger partial charge in [-0.05, 0) is 17.7 Å². The van der Waals surface area contributed by atoms with Gasteiger partial charge in [0.2, 0.25) is 11.8 Å². The normalized spacial score (nSPS) is 23.3. The molecule has 9 heteroatoms. The number of hydrogen-bond donors (Lipinski definition) is 2. The zero-order valence-electron chi connectivity index (χ0n) is 15.5. The molecule has 1 saturated heterocycles. The molecular weight excluding hydrogens is 358 g/mol. The maximum absolute atomic E-state index is 5.62. The predicted molar refractivity (Wildman–Crippen MR) is 103 cm³/mol. The van der Waals surface area contributed by atoms with E-state index in [2.05, 4.69) is 36.6 Å². The highest BCUT2D eigenvalue weighted by Crippen LogP contribution is 2.46. The van der Waals surface area contributed by atoms with Crippen LogP contribution in [0, 0.1) is 11.8 Å². The zero-order chi connectivity index (χ0) is 18.8. The second kappa shape index (κ2) is 5.65. The van der Waals surface area contributed by atoms with E-state index in [1.54, 1.807) is 11.8 Å². The molecule has 3 aromatic heterocycles. The van der Waals surface area contributed by atoms with Crippen LogP contribution in [0.5, 0.6) is 5.88 Å². The Morgan fingerprint density at radius 3 is 2.93 bits per heavy atom. The van der Waals surface area contributed by atoms with Crippen molar-refractivity contribution in [1.29, 1.82) is 0 Å². The molecule has 0 amide bonds. The molecule has 6 rings (SSSR count). The number of benzene rings is 1. The van der Waals surface area contributed by atoms with E-state index in [1.807, 2.05) is 25.4 Å². The highest BCUT2D eigenvalue weighted by atomic mass is 16.5. The summed E-state index contributed by atoms with van der Waals surface area (Å²) >= 11 is 0. The van der Waals surface area contributed by atoms with Crippen molar-refractivity contribution < 1.29 is 9.47 Å². The summed E-state index contributed by atoms with van der Waals surface area (Å²) in [6.45, 7) is 1.64. The van der Waals surface area contributed by atoms with Crippen LogP contribution in [0.2, 0.25) is 0 Å². The first-order chi connectivity index (χ1) is 13.7. The molecule has 9 nitrogen and oxygen atoms in total. The first kappa shape index (κ1) is 15.8. The predicted octanol–water partition coefficient (Wildman–Crippen LogP) is 1.97. The molecule has 1 saturated carbocycles. The molecule has 1 aliphatic heterocycles. The number of hydrogen-bond acceptors (Lipinski definition) is 7. The van der Waals surface area contributed by atoms with Crippen molar-refractivity contribution in [2.24, 2.45) is 18.9 Å². The molecule has 1 aliphatic carbocycles. The minimum absolute atomic E-state index is 0.394. The number of aromatic amines is 1. The Morgan fingerprint density at radius 2 is 2.11 bits per heavy atom. The van der Waals surface area contributed by atoms with Crippen LogP contribution < -0.4 is 10.1 Å². The van der Waals surface area contributed by atoms with Gasteiger partial charge in [0.1, 0.15) is 11.2 Å². The molecule has 1 aromatic carbocycles. The van der Waals surface area contributed by atoms with Gasteiger partial charge in [0.15, 0.2) is 0 Å². The zero-order valence-corrected chi connectivity index (χ0v) is 15.5. The Hall–Kier alpha value is -3.20. The van der Waals surface area contributed by atoms with Gasteiger partial charge in [0.05, 0.1) is 31.2 Å². The summed E-state index contributed by atoms with van der Waals surface area (Å²) in [5.41, 5.74) is 4.58. The minimum Gasteiger partial charge on any atom is -0.480 e. The van der Waals surface area contributed by atoms with Crippen LogP contribution in [0.15, 0.2) is 24.4 Å². The van der Waals surface area contributed by atoms with Gasteiger partial charge in [-0.2, -0.15) is 9.97 Å². The van der Waals surface area contributed by atoms with Crippen molar-refractivity contribution in [3.8, 4) is 17.0 Å². The van der Waals surface area contributed by atoms with Crippen LogP contribution in [0.4, 0.5) is 5.95 Å². The fourth-order valence-corrected chi connectivity index (χ4v) is 4.24. The van der Waals surface area contributed by atoms with Gasteiger partial charge in [0, 0.05) is 36.7 Å². The van der Waals surface area contributed by atoms with Crippen LogP contribution >= 0.6 is 0 Å². The lowest BCUT2D eigenvalue weighted by atomic mass is 10.1. The largest absolute Gasteiger partial charge is 0.480 e. The number of methoxy groups -OCH3 is 1. The van der Waals surface area contributed by atoms with Gasteiger partial charge >= 0.3 is 0 Å². The number of nitrogens with one attached hydrogen (secondary N) is 2. The molecule has 2 fully saturated rings. The van der Waals surface area contributed by atoms with Gasteiger partial charge in [-0.3, -0.25) is 0 Å². The number of H-pyrrole nitrogens is 1. The fourth-order valence-electron chi connectivity index (χ4n) is 4.24. The Bertz CT molecular complexity index is 1200. The molecule has 2 N–H and O–H groups in total. The average Bonchev–Trinajstić information content (AvgIpc) is 3.17.